The van der Waals surface area contributed by atoms with E-state index < -0.39 is 9.84 Å². The van der Waals surface area contributed by atoms with Gasteiger partial charge in [-0.2, -0.15) is 0 Å². The number of aromatic nitrogens is 1. The van der Waals surface area contributed by atoms with Crippen LogP contribution in [-0.2, 0) is 22.2 Å². The molecule has 0 radical (unpaired) electrons. The first-order chi connectivity index (χ1) is 7.39. The number of thiazole rings is 1. The Kier molecular flexibility index (Phi) is 4.46. The summed E-state index contributed by atoms with van der Waals surface area (Å²) < 4.78 is 22.9. The smallest absolute Gasteiger partial charge is 0.156 e. The molecule has 0 aromatic carbocycles. The van der Waals surface area contributed by atoms with Gasteiger partial charge in [-0.05, 0) is 5.92 Å². The molecule has 0 atom stereocenters. The Labute approximate surface area is 100 Å². The summed E-state index contributed by atoms with van der Waals surface area (Å²) in [4.78, 5) is 5.07. The van der Waals surface area contributed by atoms with E-state index in [9.17, 15) is 8.42 Å². The zero-order valence-corrected chi connectivity index (χ0v) is 11.4. The van der Waals surface area contributed by atoms with E-state index in [0.29, 0.717) is 5.01 Å². The van der Waals surface area contributed by atoms with Gasteiger partial charge in [0.05, 0.1) is 17.2 Å². The van der Waals surface area contributed by atoms with Crippen molar-refractivity contribution >= 4 is 21.2 Å². The molecule has 0 bridgehead atoms. The number of hydrogen-bond acceptors (Lipinski definition) is 5. The second kappa shape index (κ2) is 5.25. The average Bonchev–Trinajstić information content (AvgIpc) is 2.60. The molecule has 0 fully saturated rings. The van der Waals surface area contributed by atoms with Crippen molar-refractivity contribution in [2.45, 2.75) is 39.0 Å². The number of hydrogen-bond donors (Lipinski definition) is 1. The zero-order valence-electron chi connectivity index (χ0n) is 9.73. The molecule has 4 nitrogen and oxygen atoms in total. The number of aliphatic hydroxyl groups excluding tert-OH is 1. The Hall–Kier alpha value is -0.460. The largest absolute Gasteiger partial charge is 0.391 e. The van der Waals surface area contributed by atoms with E-state index in [-0.39, 0.29) is 24.0 Å². The monoisotopic (exact) mass is 263 g/mol. The fourth-order valence-corrected chi connectivity index (χ4v) is 3.63. The lowest BCUT2D eigenvalue weighted by Crippen LogP contribution is -2.06. The summed E-state index contributed by atoms with van der Waals surface area (Å²) in [6, 6.07) is 0. The maximum absolute atomic E-state index is 11.5. The second-order valence-electron chi connectivity index (χ2n) is 3.91. The van der Waals surface area contributed by atoms with Crippen LogP contribution in [0.2, 0.25) is 0 Å². The van der Waals surface area contributed by atoms with Gasteiger partial charge in [-0.15, -0.1) is 11.3 Å². The molecule has 92 valence electrons. The third-order valence-corrected chi connectivity index (χ3v) is 5.08. The van der Waals surface area contributed by atoms with Crippen LogP contribution >= 0.6 is 11.3 Å². The SMILES string of the molecule is CCS(=O)(=O)Cc1nc(C(C)C)c(CO)s1. The molecular formula is C10H17NO3S2. The Balaban J connectivity index is 3.00. The molecule has 0 saturated heterocycles. The molecule has 0 aliphatic heterocycles. The van der Waals surface area contributed by atoms with Crippen LogP contribution in [-0.4, -0.2) is 24.3 Å². The van der Waals surface area contributed by atoms with Crippen molar-refractivity contribution in [3.8, 4) is 0 Å². The summed E-state index contributed by atoms with van der Waals surface area (Å²) >= 11 is 1.29. The van der Waals surface area contributed by atoms with Crippen LogP contribution in [0.1, 0.15) is 42.3 Å². The Morgan fingerprint density at radius 1 is 1.44 bits per heavy atom. The molecule has 1 aromatic heterocycles. The maximum Gasteiger partial charge on any atom is 0.156 e. The predicted octanol–water partition coefficient (Wildman–Crippen LogP) is 1.69. The van der Waals surface area contributed by atoms with Crippen molar-refractivity contribution in [1.82, 2.24) is 4.98 Å². The fourth-order valence-electron chi connectivity index (χ4n) is 1.33. The standard InChI is InChI=1S/C10H17NO3S2/c1-4-16(13,14)6-9-11-10(7(2)3)8(5-12)15-9/h7,12H,4-6H2,1-3H3. The van der Waals surface area contributed by atoms with Gasteiger partial charge in [0.25, 0.3) is 0 Å². The van der Waals surface area contributed by atoms with E-state index in [0.717, 1.165) is 10.6 Å². The highest BCUT2D eigenvalue weighted by Gasteiger charge is 2.17. The molecule has 0 unspecified atom stereocenters. The van der Waals surface area contributed by atoms with Gasteiger partial charge in [-0.1, -0.05) is 20.8 Å². The summed E-state index contributed by atoms with van der Waals surface area (Å²) in [7, 11) is -3.04. The molecule has 1 N–H and O–H groups in total. The minimum atomic E-state index is -3.04. The van der Waals surface area contributed by atoms with Gasteiger partial charge in [-0.3, -0.25) is 0 Å². The molecule has 0 aliphatic rings. The molecule has 6 heteroatoms. The molecule has 0 spiro atoms. The van der Waals surface area contributed by atoms with Crippen molar-refractivity contribution < 1.29 is 13.5 Å². The van der Waals surface area contributed by atoms with Gasteiger partial charge >= 0.3 is 0 Å². The van der Waals surface area contributed by atoms with Crippen molar-refractivity contribution in [3.05, 3.63) is 15.6 Å². The van der Waals surface area contributed by atoms with E-state index in [4.69, 9.17) is 5.11 Å². The zero-order chi connectivity index (χ0) is 12.3. The lowest BCUT2D eigenvalue weighted by molar-refractivity contribution is 0.283. The first-order valence-electron chi connectivity index (χ1n) is 5.19. The third-order valence-electron chi connectivity index (χ3n) is 2.25. The van der Waals surface area contributed by atoms with E-state index >= 15 is 0 Å². The minimum Gasteiger partial charge on any atom is -0.391 e. The first kappa shape index (κ1) is 13.6. The van der Waals surface area contributed by atoms with E-state index in [1.54, 1.807) is 6.92 Å². The summed E-state index contributed by atoms with van der Waals surface area (Å²) in [5.74, 6) is 0.308. The number of sulfone groups is 1. The molecule has 0 amide bonds. The Morgan fingerprint density at radius 3 is 2.44 bits per heavy atom. The molecule has 1 heterocycles. The molecule has 1 aromatic rings. The fraction of sp³-hybridized carbons (Fsp3) is 0.700. The molecular weight excluding hydrogens is 246 g/mol. The van der Waals surface area contributed by atoms with Gasteiger partial charge < -0.3 is 5.11 Å². The number of nitrogens with zero attached hydrogens (tertiary/aromatic N) is 1. The molecule has 0 saturated carbocycles. The van der Waals surface area contributed by atoms with Crippen LogP contribution in [0.3, 0.4) is 0 Å². The maximum atomic E-state index is 11.5. The quantitative estimate of drug-likeness (QED) is 0.878. The average molecular weight is 263 g/mol. The van der Waals surface area contributed by atoms with Crippen molar-refractivity contribution in [2.75, 3.05) is 5.75 Å². The van der Waals surface area contributed by atoms with Gasteiger partial charge in [-0.25, -0.2) is 13.4 Å². The lowest BCUT2D eigenvalue weighted by Gasteiger charge is -2.01. The van der Waals surface area contributed by atoms with Crippen LogP contribution in [0.15, 0.2) is 0 Å². The summed E-state index contributed by atoms with van der Waals surface area (Å²) in [5.41, 5.74) is 0.814. The van der Waals surface area contributed by atoms with Gasteiger partial charge in [0, 0.05) is 5.75 Å². The normalized spacial score (nSPS) is 12.3. The number of aliphatic hydroxyl groups is 1. The van der Waals surface area contributed by atoms with Crippen LogP contribution in [0.4, 0.5) is 0 Å². The van der Waals surface area contributed by atoms with Gasteiger partial charge in [0.1, 0.15) is 10.8 Å². The summed E-state index contributed by atoms with van der Waals surface area (Å²) in [5, 5.41) is 9.74. The topological polar surface area (TPSA) is 67.3 Å². The van der Waals surface area contributed by atoms with E-state index in [1.165, 1.54) is 11.3 Å². The Morgan fingerprint density at radius 2 is 2.06 bits per heavy atom. The van der Waals surface area contributed by atoms with Crippen molar-refractivity contribution in [3.63, 3.8) is 0 Å². The minimum absolute atomic E-state index is 0.0200. The number of rotatable bonds is 5. The third kappa shape index (κ3) is 3.26. The van der Waals surface area contributed by atoms with Crippen molar-refractivity contribution in [1.29, 1.82) is 0 Å². The lowest BCUT2D eigenvalue weighted by atomic mass is 10.1. The van der Waals surface area contributed by atoms with Crippen molar-refractivity contribution in [2.24, 2.45) is 0 Å². The molecule has 1 rings (SSSR count). The highest BCUT2D eigenvalue weighted by atomic mass is 32.2. The highest BCUT2D eigenvalue weighted by molar-refractivity contribution is 7.90. The second-order valence-corrected chi connectivity index (χ2v) is 7.43. The Bertz CT molecular complexity index is 449. The first-order valence-corrected chi connectivity index (χ1v) is 7.83. The summed E-state index contributed by atoms with van der Waals surface area (Å²) in [6.45, 7) is 5.51. The van der Waals surface area contributed by atoms with Crippen LogP contribution in [0, 0.1) is 0 Å². The molecule has 0 aliphatic carbocycles. The van der Waals surface area contributed by atoms with Gasteiger partial charge in [0.15, 0.2) is 9.84 Å². The van der Waals surface area contributed by atoms with E-state index in [2.05, 4.69) is 4.98 Å². The van der Waals surface area contributed by atoms with Gasteiger partial charge in [0.2, 0.25) is 0 Å². The molecule has 16 heavy (non-hydrogen) atoms. The predicted molar refractivity (Wildman–Crippen MR) is 65.3 cm³/mol. The van der Waals surface area contributed by atoms with Crippen LogP contribution in [0.25, 0.3) is 0 Å². The van der Waals surface area contributed by atoms with Crippen LogP contribution in [0.5, 0.6) is 0 Å². The van der Waals surface area contributed by atoms with Crippen LogP contribution < -0.4 is 0 Å². The summed E-state index contributed by atoms with van der Waals surface area (Å²) in [6.07, 6.45) is 0. The van der Waals surface area contributed by atoms with E-state index in [1.807, 2.05) is 13.8 Å². The highest BCUT2D eigenvalue weighted by Crippen LogP contribution is 2.26.